The Hall–Kier alpha value is -3.93. The fraction of sp³-hybridized carbons (Fsp3) is 0.0870. The summed E-state index contributed by atoms with van der Waals surface area (Å²) in [5.41, 5.74) is 10.4. The van der Waals surface area contributed by atoms with Crippen molar-refractivity contribution >= 4 is 44.6 Å². The number of non-ortho nitro benzene ring substituents is 1. The number of nitrogens with zero attached hydrogens (tertiary/aromatic N) is 2. The molecule has 0 bridgehead atoms. The van der Waals surface area contributed by atoms with Crippen LogP contribution in [0.2, 0.25) is 0 Å². The van der Waals surface area contributed by atoms with E-state index in [4.69, 9.17) is 5.73 Å². The molecule has 6 nitrogen and oxygen atoms in total. The van der Waals surface area contributed by atoms with Crippen molar-refractivity contribution in [2.45, 2.75) is 12.8 Å². The van der Waals surface area contributed by atoms with Gasteiger partial charge in [0.1, 0.15) is 0 Å². The van der Waals surface area contributed by atoms with Gasteiger partial charge in [-0.15, -0.1) is 0 Å². The van der Waals surface area contributed by atoms with Gasteiger partial charge >= 0.3 is 0 Å². The van der Waals surface area contributed by atoms with Gasteiger partial charge in [-0.2, -0.15) is 0 Å². The highest BCUT2D eigenvalue weighted by Crippen LogP contribution is 2.37. The van der Waals surface area contributed by atoms with Crippen molar-refractivity contribution < 1.29 is 4.92 Å². The van der Waals surface area contributed by atoms with E-state index in [2.05, 4.69) is 34.6 Å². The molecule has 4 aromatic rings. The van der Waals surface area contributed by atoms with Crippen molar-refractivity contribution in [1.82, 2.24) is 0 Å². The van der Waals surface area contributed by atoms with Gasteiger partial charge < -0.3 is 11.1 Å². The van der Waals surface area contributed by atoms with Crippen molar-refractivity contribution in [2.75, 3.05) is 5.32 Å². The second kappa shape index (κ2) is 6.60. The number of anilines is 1. The van der Waals surface area contributed by atoms with Crippen LogP contribution < -0.4 is 11.1 Å². The lowest BCUT2D eigenvalue weighted by Gasteiger charge is -2.11. The van der Waals surface area contributed by atoms with E-state index in [1.165, 1.54) is 28.0 Å². The lowest BCUT2D eigenvalue weighted by Crippen LogP contribution is -2.22. The zero-order valence-electron chi connectivity index (χ0n) is 15.6. The van der Waals surface area contributed by atoms with Gasteiger partial charge in [-0.3, -0.25) is 10.1 Å². The average molecular weight is 382 g/mol. The van der Waals surface area contributed by atoms with Crippen LogP contribution in [0.25, 0.3) is 21.5 Å². The highest BCUT2D eigenvalue weighted by Gasteiger charge is 2.18. The van der Waals surface area contributed by atoms with Gasteiger partial charge in [0.2, 0.25) is 0 Å². The molecule has 1 aliphatic rings. The molecule has 0 radical (unpaired) electrons. The maximum atomic E-state index is 11.3. The van der Waals surface area contributed by atoms with Crippen LogP contribution in [0.1, 0.15) is 11.1 Å². The first-order chi connectivity index (χ1) is 14.1. The molecule has 0 spiro atoms. The van der Waals surface area contributed by atoms with Crippen LogP contribution in [0, 0.1) is 10.1 Å². The van der Waals surface area contributed by atoms with E-state index in [-0.39, 0.29) is 16.6 Å². The van der Waals surface area contributed by atoms with Crippen LogP contribution in [0.4, 0.5) is 17.1 Å². The van der Waals surface area contributed by atoms with Crippen molar-refractivity contribution in [3.8, 4) is 0 Å². The van der Waals surface area contributed by atoms with E-state index in [0.29, 0.717) is 11.1 Å². The molecule has 142 valence electrons. The van der Waals surface area contributed by atoms with Crippen molar-refractivity contribution in [3.63, 3.8) is 0 Å². The fourth-order valence-corrected chi connectivity index (χ4v) is 4.20. The van der Waals surface area contributed by atoms with Gasteiger partial charge in [0.15, 0.2) is 5.96 Å². The van der Waals surface area contributed by atoms with Gasteiger partial charge in [-0.25, -0.2) is 4.99 Å². The van der Waals surface area contributed by atoms with Crippen LogP contribution in [-0.4, -0.2) is 10.9 Å². The number of guanidine groups is 1. The molecule has 0 heterocycles. The summed E-state index contributed by atoms with van der Waals surface area (Å²) in [5, 5.41) is 18.2. The summed E-state index contributed by atoms with van der Waals surface area (Å²) < 4.78 is 0. The van der Waals surface area contributed by atoms with E-state index in [1.807, 2.05) is 18.2 Å². The third-order valence-electron chi connectivity index (χ3n) is 5.46. The highest BCUT2D eigenvalue weighted by atomic mass is 16.6. The lowest BCUT2D eigenvalue weighted by molar-refractivity contribution is -0.383. The predicted molar refractivity (Wildman–Crippen MR) is 117 cm³/mol. The van der Waals surface area contributed by atoms with E-state index in [1.54, 1.807) is 18.2 Å². The molecule has 0 amide bonds. The average Bonchev–Trinajstić information content (AvgIpc) is 3.16. The Balaban J connectivity index is 1.55. The number of nitro groups is 1. The summed E-state index contributed by atoms with van der Waals surface area (Å²) >= 11 is 0. The summed E-state index contributed by atoms with van der Waals surface area (Å²) in [5.74, 6) is 0.254. The quantitative estimate of drug-likeness (QED) is 0.224. The zero-order valence-corrected chi connectivity index (χ0v) is 15.6. The minimum Gasteiger partial charge on any atom is -0.369 e. The van der Waals surface area contributed by atoms with Gasteiger partial charge in [-0.1, -0.05) is 42.5 Å². The largest absolute Gasteiger partial charge is 0.369 e. The number of aliphatic imine (C=N–C) groups is 1. The molecule has 3 N–H and O–H groups in total. The van der Waals surface area contributed by atoms with E-state index >= 15 is 0 Å². The highest BCUT2D eigenvalue weighted by molar-refractivity contribution is 6.06. The Morgan fingerprint density at radius 1 is 0.966 bits per heavy atom. The molecule has 29 heavy (non-hydrogen) atoms. The molecule has 5 rings (SSSR count). The number of hydrogen-bond donors (Lipinski definition) is 2. The minimum absolute atomic E-state index is 0.0666. The van der Waals surface area contributed by atoms with Crippen molar-refractivity contribution in [1.29, 1.82) is 0 Å². The van der Waals surface area contributed by atoms with Gasteiger partial charge in [0.05, 0.1) is 16.0 Å². The third-order valence-corrected chi connectivity index (χ3v) is 5.46. The fourth-order valence-electron chi connectivity index (χ4n) is 4.20. The number of hydrogen-bond acceptors (Lipinski definition) is 3. The summed E-state index contributed by atoms with van der Waals surface area (Å²) in [7, 11) is 0. The summed E-state index contributed by atoms with van der Waals surface area (Å²) in [6, 6.07) is 20.8. The normalized spacial score (nSPS) is 13.2. The number of rotatable bonds is 3. The molecular formula is C23H18N4O2. The van der Waals surface area contributed by atoms with Crippen molar-refractivity contribution in [3.05, 3.63) is 88.0 Å². The molecule has 0 unspecified atom stereocenters. The third kappa shape index (κ3) is 2.86. The SMILES string of the molecule is NC(=Nc1ccc2cccc3c2c1CC3)Nc1ccc([N+](=O)[O-])c2ccccc12. The number of fused-ring (bicyclic) bond motifs is 1. The first-order valence-corrected chi connectivity index (χ1v) is 9.42. The van der Waals surface area contributed by atoms with E-state index in [9.17, 15) is 10.1 Å². The Bertz CT molecular complexity index is 1330. The molecule has 1 aliphatic carbocycles. The Morgan fingerprint density at radius 2 is 1.79 bits per heavy atom. The number of nitrogens with two attached hydrogens (primary N) is 1. The first-order valence-electron chi connectivity index (χ1n) is 9.42. The zero-order chi connectivity index (χ0) is 20.0. The van der Waals surface area contributed by atoms with E-state index in [0.717, 1.165) is 23.9 Å². The summed E-state index contributed by atoms with van der Waals surface area (Å²) in [6.45, 7) is 0. The second-order valence-electron chi connectivity index (χ2n) is 7.14. The topological polar surface area (TPSA) is 93.5 Å². The molecule has 6 heteroatoms. The Labute approximate surface area is 166 Å². The number of benzene rings is 4. The summed E-state index contributed by atoms with van der Waals surface area (Å²) in [6.07, 6.45) is 1.96. The molecule has 0 aliphatic heterocycles. The number of aryl methyl sites for hydroxylation is 2. The summed E-state index contributed by atoms with van der Waals surface area (Å²) in [4.78, 5) is 15.6. The Kier molecular flexibility index (Phi) is 3.91. The molecule has 0 saturated heterocycles. The number of nitrogens with one attached hydrogen (secondary N) is 1. The molecule has 0 fully saturated rings. The molecule has 0 atom stereocenters. The standard InChI is InChI=1S/C23H18N4O2/c24-23(25-19-12-13-21(27(28)29)17-7-2-1-6-16(17)19)26-20-11-9-15-5-3-4-14-8-10-18(20)22(14)15/h1-7,9,11-13H,8,10H2,(H3,24,25,26). The molecule has 0 saturated carbocycles. The Morgan fingerprint density at radius 3 is 2.62 bits per heavy atom. The van der Waals surface area contributed by atoms with Gasteiger partial charge in [0, 0.05) is 17.1 Å². The smallest absolute Gasteiger partial charge is 0.277 e. The molecule has 4 aromatic carbocycles. The molecular weight excluding hydrogens is 364 g/mol. The maximum absolute atomic E-state index is 11.3. The maximum Gasteiger partial charge on any atom is 0.277 e. The van der Waals surface area contributed by atoms with E-state index < -0.39 is 0 Å². The first kappa shape index (κ1) is 17.2. The van der Waals surface area contributed by atoms with Gasteiger partial charge in [-0.05, 0) is 52.9 Å². The van der Waals surface area contributed by atoms with Gasteiger partial charge in [0.25, 0.3) is 5.69 Å². The lowest BCUT2D eigenvalue weighted by atomic mass is 10.0. The monoisotopic (exact) mass is 382 g/mol. The van der Waals surface area contributed by atoms with Crippen LogP contribution in [0.15, 0.2) is 71.7 Å². The number of nitro benzene ring substituents is 1. The van der Waals surface area contributed by atoms with Crippen LogP contribution in [0.3, 0.4) is 0 Å². The van der Waals surface area contributed by atoms with Crippen LogP contribution in [-0.2, 0) is 12.8 Å². The van der Waals surface area contributed by atoms with Crippen molar-refractivity contribution in [2.24, 2.45) is 10.7 Å². The minimum atomic E-state index is -0.377. The van der Waals surface area contributed by atoms with Crippen LogP contribution >= 0.6 is 0 Å². The predicted octanol–water partition coefficient (Wildman–Crippen LogP) is 5.06. The van der Waals surface area contributed by atoms with Crippen LogP contribution in [0.5, 0.6) is 0 Å². The molecule has 0 aromatic heterocycles. The second-order valence-corrected chi connectivity index (χ2v) is 7.14.